The summed E-state index contributed by atoms with van der Waals surface area (Å²) in [4.78, 5) is 14.5. The Morgan fingerprint density at radius 1 is 1.47 bits per heavy atom. The molecule has 3 rings (SSSR count). The van der Waals surface area contributed by atoms with Crippen LogP contribution >= 0.6 is 0 Å². The van der Waals surface area contributed by atoms with Crippen molar-refractivity contribution in [1.29, 1.82) is 0 Å². The number of hydrogen-bond acceptors (Lipinski definition) is 3. The zero-order valence-corrected chi connectivity index (χ0v) is 11.3. The van der Waals surface area contributed by atoms with Crippen LogP contribution in [0.15, 0.2) is 24.3 Å². The van der Waals surface area contributed by atoms with E-state index in [-0.39, 0.29) is 18.1 Å². The molecule has 0 aromatic heterocycles. The van der Waals surface area contributed by atoms with Gasteiger partial charge in [0.2, 0.25) is 5.91 Å². The van der Waals surface area contributed by atoms with Gasteiger partial charge in [-0.2, -0.15) is 0 Å². The van der Waals surface area contributed by atoms with Gasteiger partial charge in [-0.25, -0.2) is 0 Å². The standard InChI is InChI=1S/C15H20N2O2/c1-2-12-10-17(7-8-19-12)15(18)14-9-11-5-3-4-6-13(11)16-14/h3-6,12,14,16H,2,7-10H2,1H3. The molecule has 1 aromatic carbocycles. The number of fused-ring (bicyclic) bond motifs is 1. The summed E-state index contributed by atoms with van der Waals surface area (Å²) < 4.78 is 5.62. The SMILES string of the molecule is CCC1CN(C(=O)C2Cc3ccccc3N2)CCO1. The third kappa shape index (κ3) is 2.45. The minimum Gasteiger partial charge on any atom is -0.375 e. The number of hydrogen-bond donors (Lipinski definition) is 1. The van der Waals surface area contributed by atoms with Gasteiger partial charge in [0, 0.05) is 25.2 Å². The molecule has 4 heteroatoms. The minimum absolute atomic E-state index is 0.104. The summed E-state index contributed by atoms with van der Waals surface area (Å²) in [7, 11) is 0. The van der Waals surface area contributed by atoms with E-state index in [1.54, 1.807) is 0 Å². The van der Waals surface area contributed by atoms with Crippen LogP contribution in [0, 0.1) is 0 Å². The van der Waals surface area contributed by atoms with Crippen LogP contribution in [0.4, 0.5) is 5.69 Å². The zero-order valence-electron chi connectivity index (χ0n) is 11.3. The van der Waals surface area contributed by atoms with E-state index in [4.69, 9.17) is 4.74 Å². The van der Waals surface area contributed by atoms with Gasteiger partial charge in [-0.15, -0.1) is 0 Å². The van der Waals surface area contributed by atoms with Crippen molar-refractivity contribution in [2.45, 2.75) is 31.9 Å². The first-order chi connectivity index (χ1) is 9.28. The molecule has 102 valence electrons. The van der Waals surface area contributed by atoms with Crippen molar-refractivity contribution in [3.63, 3.8) is 0 Å². The van der Waals surface area contributed by atoms with Crippen LogP contribution in [-0.4, -0.2) is 42.6 Å². The summed E-state index contributed by atoms with van der Waals surface area (Å²) in [6.45, 7) is 4.19. The molecule has 2 unspecified atom stereocenters. The summed E-state index contributed by atoms with van der Waals surface area (Å²) in [6.07, 6.45) is 1.95. The Hall–Kier alpha value is -1.55. The van der Waals surface area contributed by atoms with Crippen LogP contribution < -0.4 is 5.32 Å². The number of anilines is 1. The summed E-state index contributed by atoms with van der Waals surface area (Å²) in [5.41, 5.74) is 2.34. The van der Waals surface area contributed by atoms with E-state index in [9.17, 15) is 4.79 Å². The number of benzene rings is 1. The van der Waals surface area contributed by atoms with E-state index in [0.29, 0.717) is 13.2 Å². The highest BCUT2D eigenvalue weighted by Crippen LogP contribution is 2.26. The first kappa shape index (κ1) is 12.5. The second-order valence-electron chi connectivity index (χ2n) is 5.24. The topological polar surface area (TPSA) is 41.6 Å². The van der Waals surface area contributed by atoms with Gasteiger partial charge in [0.25, 0.3) is 0 Å². The van der Waals surface area contributed by atoms with Gasteiger partial charge in [0.05, 0.1) is 12.7 Å². The molecule has 2 heterocycles. The molecule has 2 aliphatic heterocycles. The van der Waals surface area contributed by atoms with E-state index in [1.807, 2.05) is 23.1 Å². The Bertz CT molecular complexity index is 450. The molecule has 2 aliphatic rings. The smallest absolute Gasteiger partial charge is 0.245 e. The average molecular weight is 260 g/mol. The maximum absolute atomic E-state index is 12.5. The highest BCUT2D eigenvalue weighted by atomic mass is 16.5. The first-order valence-electron chi connectivity index (χ1n) is 7.02. The number of para-hydroxylation sites is 1. The molecule has 0 saturated carbocycles. The highest BCUT2D eigenvalue weighted by molar-refractivity contribution is 5.87. The fraction of sp³-hybridized carbons (Fsp3) is 0.533. The lowest BCUT2D eigenvalue weighted by molar-refractivity contribution is -0.139. The van der Waals surface area contributed by atoms with Crippen molar-refractivity contribution in [2.24, 2.45) is 0 Å². The lowest BCUT2D eigenvalue weighted by atomic mass is 10.1. The normalized spacial score (nSPS) is 25.8. The molecule has 1 aromatic rings. The van der Waals surface area contributed by atoms with E-state index >= 15 is 0 Å². The molecule has 4 nitrogen and oxygen atoms in total. The molecule has 0 bridgehead atoms. The molecule has 0 spiro atoms. The Morgan fingerprint density at radius 2 is 2.32 bits per heavy atom. The van der Waals surface area contributed by atoms with Crippen molar-refractivity contribution < 1.29 is 9.53 Å². The van der Waals surface area contributed by atoms with Gasteiger partial charge < -0.3 is 15.0 Å². The maximum Gasteiger partial charge on any atom is 0.245 e. The first-order valence-corrected chi connectivity index (χ1v) is 7.02. The second kappa shape index (κ2) is 5.21. The molecule has 1 saturated heterocycles. The van der Waals surface area contributed by atoms with Gasteiger partial charge in [0.15, 0.2) is 0 Å². The van der Waals surface area contributed by atoms with Crippen molar-refractivity contribution >= 4 is 11.6 Å². The van der Waals surface area contributed by atoms with Crippen molar-refractivity contribution in [3.05, 3.63) is 29.8 Å². The third-order valence-corrected chi connectivity index (χ3v) is 3.98. The molecule has 2 atom stereocenters. The molecule has 1 amide bonds. The molecule has 19 heavy (non-hydrogen) atoms. The monoisotopic (exact) mass is 260 g/mol. The van der Waals surface area contributed by atoms with Crippen LogP contribution in [0.2, 0.25) is 0 Å². The third-order valence-electron chi connectivity index (χ3n) is 3.98. The number of carbonyl (C=O) groups excluding carboxylic acids is 1. The Kier molecular flexibility index (Phi) is 3.42. The van der Waals surface area contributed by atoms with Crippen LogP contribution in [0.25, 0.3) is 0 Å². The van der Waals surface area contributed by atoms with Crippen molar-refractivity contribution in [3.8, 4) is 0 Å². The van der Waals surface area contributed by atoms with Crippen LogP contribution in [0.1, 0.15) is 18.9 Å². The van der Waals surface area contributed by atoms with E-state index in [1.165, 1.54) is 5.56 Å². The predicted octanol–water partition coefficient (Wildman–Crippen LogP) is 1.66. The Morgan fingerprint density at radius 3 is 3.11 bits per heavy atom. The molecular formula is C15H20N2O2. The lowest BCUT2D eigenvalue weighted by Gasteiger charge is -2.34. The predicted molar refractivity (Wildman–Crippen MR) is 74.2 cm³/mol. The summed E-state index contributed by atoms with van der Waals surface area (Å²) in [5, 5.41) is 3.33. The number of carbonyl (C=O) groups is 1. The van der Waals surface area contributed by atoms with Gasteiger partial charge in [-0.1, -0.05) is 25.1 Å². The number of nitrogens with one attached hydrogen (secondary N) is 1. The second-order valence-corrected chi connectivity index (χ2v) is 5.24. The highest BCUT2D eigenvalue weighted by Gasteiger charge is 2.32. The molecule has 0 aliphatic carbocycles. The van der Waals surface area contributed by atoms with Gasteiger partial charge in [-0.05, 0) is 18.1 Å². The number of nitrogens with zero attached hydrogens (tertiary/aromatic N) is 1. The largest absolute Gasteiger partial charge is 0.375 e. The number of amides is 1. The average Bonchev–Trinajstić information content (AvgIpc) is 2.90. The Balaban J connectivity index is 1.66. The van der Waals surface area contributed by atoms with Gasteiger partial charge in [-0.3, -0.25) is 4.79 Å². The minimum atomic E-state index is -0.104. The maximum atomic E-state index is 12.5. The number of rotatable bonds is 2. The Labute approximate surface area is 113 Å². The fourth-order valence-electron chi connectivity index (χ4n) is 2.83. The van der Waals surface area contributed by atoms with Crippen molar-refractivity contribution in [2.75, 3.05) is 25.0 Å². The fourth-order valence-corrected chi connectivity index (χ4v) is 2.83. The summed E-state index contributed by atoms with van der Waals surface area (Å²) in [6, 6.07) is 8.05. The number of ether oxygens (including phenoxy) is 1. The van der Waals surface area contributed by atoms with Crippen LogP contribution in [-0.2, 0) is 16.0 Å². The van der Waals surface area contributed by atoms with E-state index < -0.39 is 0 Å². The quantitative estimate of drug-likeness (QED) is 0.879. The molecule has 1 fully saturated rings. The van der Waals surface area contributed by atoms with Crippen molar-refractivity contribution in [1.82, 2.24) is 4.90 Å². The zero-order chi connectivity index (χ0) is 13.2. The van der Waals surface area contributed by atoms with E-state index in [2.05, 4.69) is 18.3 Å². The van der Waals surface area contributed by atoms with Gasteiger partial charge in [0.1, 0.15) is 6.04 Å². The molecule has 1 N–H and O–H groups in total. The molecule has 0 radical (unpaired) electrons. The van der Waals surface area contributed by atoms with Crippen LogP contribution in [0.5, 0.6) is 0 Å². The lowest BCUT2D eigenvalue weighted by Crippen LogP contribution is -2.50. The molecular weight excluding hydrogens is 240 g/mol. The van der Waals surface area contributed by atoms with Gasteiger partial charge >= 0.3 is 0 Å². The summed E-state index contributed by atoms with van der Waals surface area (Å²) in [5.74, 6) is 0.206. The number of morpholine rings is 1. The van der Waals surface area contributed by atoms with E-state index in [0.717, 1.165) is 25.1 Å². The van der Waals surface area contributed by atoms with Crippen LogP contribution in [0.3, 0.4) is 0 Å². The summed E-state index contributed by atoms with van der Waals surface area (Å²) >= 11 is 0.